The normalized spacial score (nSPS) is 13.9. The molecule has 1 saturated heterocycles. The van der Waals surface area contributed by atoms with E-state index in [2.05, 4.69) is 16.8 Å². The van der Waals surface area contributed by atoms with Crippen LogP contribution in [0.25, 0.3) is 10.9 Å². The Morgan fingerprint density at radius 3 is 2.14 bits per heavy atom. The number of aliphatic carboxylic acids is 2. The Morgan fingerprint density at radius 2 is 1.57 bits per heavy atom. The van der Waals surface area contributed by atoms with Gasteiger partial charge < -0.3 is 24.6 Å². The Labute approximate surface area is 248 Å². The van der Waals surface area contributed by atoms with E-state index in [9.17, 15) is 19.2 Å². The number of ether oxygens (including phenoxy) is 2. The molecule has 2 aromatic carbocycles. The lowest BCUT2D eigenvalue weighted by atomic mass is 10.1. The van der Waals surface area contributed by atoms with Crippen LogP contribution in [0, 0.1) is 6.92 Å². The molecule has 1 fully saturated rings. The average Bonchev–Trinajstić information content (AvgIpc) is 3.23. The number of aromatic nitrogens is 1. The second-order valence-corrected chi connectivity index (χ2v) is 10.1. The quantitative estimate of drug-likeness (QED) is 0.278. The third kappa shape index (κ3) is 8.90. The van der Waals surface area contributed by atoms with E-state index in [0.29, 0.717) is 40.8 Å². The van der Waals surface area contributed by atoms with Crippen molar-refractivity contribution in [2.45, 2.75) is 13.3 Å². The van der Waals surface area contributed by atoms with Crippen molar-refractivity contribution in [2.75, 3.05) is 53.5 Å². The van der Waals surface area contributed by atoms with Crippen LogP contribution < -0.4 is 4.74 Å². The van der Waals surface area contributed by atoms with Gasteiger partial charge in [0.25, 0.3) is 5.91 Å². The number of benzene rings is 2. The van der Waals surface area contributed by atoms with Crippen LogP contribution in [0.3, 0.4) is 0 Å². The van der Waals surface area contributed by atoms with Crippen LogP contribution in [-0.4, -0.2) is 102 Å². The standard InChI is InChI=1S/C26H30ClN3O4.C4H4O4/c1-18-22(17-25(31)34-15-14-29-12-10-28(2)11-13-29)23-16-21(33-3)8-9-24(23)30(18)26(32)19-4-6-20(27)7-5-19;5-3(6)1-2-4(7)8/h4-9,16H,10-15,17H2,1-3H3;1-2H,(H,5,6)(H,7,8)/b;2-1-. The molecule has 42 heavy (non-hydrogen) atoms. The van der Waals surface area contributed by atoms with Gasteiger partial charge in [-0.25, -0.2) is 9.59 Å². The first kappa shape index (κ1) is 32.3. The highest BCUT2D eigenvalue weighted by Crippen LogP contribution is 2.31. The largest absolute Gasteiger partial charge is 0.497 e. The van der Waals surface area contributed by atoms with Gasteiger partial charge >= 0.3 is 17.9 Å². The molecule has 4 rings (SSSR count). The van der Waals surface area contributed by atoms with Crippen molar-refractivity contribution in [3.63, 3.8) is 0 Å². The van der Waals surface area contributed by atoms with E-state index in [1.807, 2.05) is 25.1 Å². The molecular weight excluding hydrogens is 566 g/mol. The Bertz CT molecular complexity index is 1440. The summed E-state index contributed by atoms with van der Waals surface area (Å²) in [5, 5.41) is 17.0. The van der Waals surface area contributed by atoms with Gasteiger partial charge in [0.2, 0.25) is 0 Å². The summed E-state index contributed by atoms with van der Waals surface area (Å²) in [6.07, 6.45) is 1.20. The van der Waals surface area contributed by atoms with Crippen LogP contribution in [-0.2, 0) is 25.5 Å². The summed E-state index contributed by atoms with van der Waals surface area (Å²) in [6.45, 7) is 6.94. The topological polar surface area (TPSA) is 139 Å². The van der Waals surface area contributed by atoms with E-state index >= 15 is 0 Å². The lowest BCUT2D eigenvalue weighted by molar-refractivity contribution is -0.143. The molecule has 1 aliphatic heterocycles. The fourth-order valence-corrected chi connectivity index (χ4v) is 4.62. The maximum atomic E-state index is 13.4. The van der Waals surface area contributed by atoms with Crippen LogP contribution in [0.4, 0.5) is 0 Å². The number of methoxy groups -OCH3 is 1. The third-order valence-electron chi connectivity index (χ3n) is 6.79. The summed E-state index contributed by atoms with van der Waals surface area (Å²) in [6, 6.07) is 12.3. The van der Waals surface area contributed by atoms with Gasteiger partial charge in [-0.05, 0) is 62.0 Å². The third-order valence-corrected chi connectivity index (χ3v) is 7.04. The molecule has 1 aromatic heterocycles. The SMILES string of the molecule is COc1ccc2c(c1)c(CC(=O)OCCN1CCN(C)CC1)c(C)n2C(=O)c1ccc(Cl)cc1.O=C(O)/C=C\C(=O)O. The zero-order chi connectivity index (χ0) is 30.8. The molecule has 0 bridgehead atoms. The summed E-state index contributed by atoms with van der Waals surface area (Å²) >= 11 is 5.99. The lowest BCUT2D eigenvalue weighted by Crippen LogP contribution is -2.45. The van der Waals surface area contributed by atoms with Gasteiger partial charge in [-0.3, -0.25) is 19.1 Å². The molecular formula is C30H34ClN3O8. The highest BCUT2D eigenvalue weighted by molar-refractivity contribution is 6.30. The Kier molecular flexibility index (Phi) is 11.7. The van der Waals surface area contributed by atoms with Crippen molar-refractivity contribution in [3.05, 3.63) is 76.5 Å². The molecule has 3 aromatic rings. The predicted molar refractivity (Wildman–Crippen MR) is 157 cm³/mol. The first-order valence-electron chi connectivity index (χ1n) is 13.2. The molecule has 224 valence electrons. The second kappa shape index (κ2) is 15.2. The molecule has 0 amide bonds. The van der Waals surface area contributed by atoms with Crippen molar-refractivity contribution >= 4 is 46.3 Å². The van der Waals surface area contributed by atoms with Crippen molar-refractivity contribution < 1.29 is 38.9 Å². The van der Waals surface area contributed by atoms with Gasteiger partial charge in [-0.15, -0.1) is 0 Å². The monoisotopic (exact) mass is 599 g/mol. The molecule has 1 aliphatic rings. The molecule has 2 heterocycles. The second-order valence-electron chi connectivity index (χ2n) is 9.65. The maximum Gasteiger partial charge on any atom is 0.328 e. The number of halogens is 1. The van der Waals surface area contributed by atoms with E-state index in [1.165, 1.54) is 0 Å². The highest BCUT2D eigenvalue weighted by atomic mass is 35.5. The summed E-state index contributed by atoms with van der Waals surface area (Å²) in [4.78, 5) is 49.8. The van der Waals surface area contributed by atoms with E-state index in [0.717, 1.165) is 49.2 Å². The van der Waals surface area contributed by atoms with Crippen LogP contribution in [0.1, 0.15) is 21.6 Å². The van der Waals surface area contributed by atoms with E-state index in [-0.39, 0.29) is 18.3 Å². The number of nitrogens with zero attached hydrogens (tertiary/aromatic N) is 3. The zero-order valence-corrected chi connectivity index (χ0v) is 24.5. The summed E-state index contributed by atoms with van der Waals surface area (Å²) in [5.74, 6) is -2.34. The van der Waals surface area contributed by atoms with Crippen LogP contribution >= 0.6 is 11.6 Å². The molecule has 0 radical (unpaired) electrons. The number of rotatable bonds is 9. The fourth-order valence-electron chi connectivity index (χ4n) is 4.49. The molecule has 0 aliphatic carbocycles. The predicted octanol–water partition coefficient (Wildman–Crippen LogP) is 3.35. The molecule has 0 saturated carbocycles. The van der Waals surface area contributed by atoms with Crippen molar-refractivity contribution in [1.82, 2.24) is 14.4 Å². The lowest BCUT2D eigenvalue weighted by Gasteiger charge is -2.32. The first-order valence-corrected chi connectivity index (χ1v) is 13.6. The Morgan fingerprint density at radius 1 is 0.952 bits per heavy atom. The molecule has 11 nitrogen and oxygen atoms in total. The minimum absolute atomic E-state index is 0.0825. The van der Waals surface area contributed by atoms with Gasteiger partial charge in [-0.1, -0.05) is 11.6 Å². The number of likely N-dealkylation sites (N-methyl/N-ethyl adjacent to an activating group) is 1. The molecule has 0 spiro atoms. The number of fused-ring (bicyclic) bond motifs is 1. The summed E-state index contributed by atoms with van der Waals surface area (Å²) in [5.41, 5.74) is 2.71. The zero-order valence-electron chi connectivity index (χ0n) is 23.7. The van der Waals surface area contributed by atoms with Crippen LogP contribution in [0.5, 0.6) is 5.75 Å². The van der Waals surface area contributed by atoms with Crippen molar-refractivity contribution in [2.24, 2.45) is 0 Å². The Hall–Kier alpha value is -4.19. The number of piperazine rings is 1. The Balaban J connectivity index is 0.000000531. The number of esters is 1. The van der Waals surface area contributed by atoms with Gasteiger partial charge in [-0.2, -0.15) is 0 Å². The fraction of sp³-hybridized carbons (Fsp3) is 0.333. The van der Waals surface area contributed by atoms with Gasteiger partial charge in [0, 0.05) is 66.5 Å². The summed E-state index contributed by atoms with van der Waals surface area (Å²) in [7, 11) is 3.71. The highest BCUT2D eigenvalue weighted by Gasteiger charge is 2.23. The molecule has 12 heteroatoms. The number of hydrogen-bond donors (Lipinski definition) is 2. The van der Waals surface area contributed by atoms with E-state index < -0.39 is 11.9 Å². The molecule has 2 N–H and O–H groups in total. The van der Waals surface area contributed by atoms with Gasteiger partial charge in [0.05, 0.1) is 19.0 Å². The number of carbonyl (C=O) groups excluding carboxylic acids is 2. The maximum absolute atomic E-state index is 13.4. The van der Waals surface area contributed by atoms with Gasteiger partial charge in [0.15, 0.2) is 0 Å². The first-order chi connectivity index (χ1) is 20.0. The van der Waals surface area contributed by atoms with E-state index in [4.69, 9.17) is 31.3 Å². The average molecular weight is 600 g/mol. The van der Waals surface area contributed by atoms with E-state index in [1.54, 1.807) is 35.9 Å². The van der Waals surface area contributed by atoms with Crippen molar-refractivity contribution in [1.29, 1.82) is 0 Å². The smallest absolute Gasteiger partial charge is 0.328 e. The molecule has 0 atom stereocenters. The minimum Gasteiger partial charge on any atom is -0.497 e. The molecule has 0 unspecified atom stereocenters. The van der Waals surface area contributed by atoms with Gasteiger partial charge in [0.1, 0.15) is 12.4 Å². The number of carboxylic acids is 2. The minimum atomic E-state index is -1.26. The number of hydrogen-bond acceptors (Lipinski definition) is 8. The number of carboxylic acid groups (broad SMARTS) is 2. The van der Waals surface area contributed by atoms with Crippen LogP contribution in [0.15, 0.2) is 54.6 Å². The van der Waals surface area contributed by atoms with Crippen molar-refractivity contribution in [3.8, 4) is 5.75 Å². The number of carbonyl (C=O) groups is 4. The van der Waals surface area contributed by atoms with Crippen LogP contribution in [0.2, 0.25) is 5.02 Å². The summed E-state index contributed by atoms with van der Waals surface area (Å²) < 4.78 is 12.6.